The van der Waals surface area contributed by atoms with Gasteiger partial charge in [-0.1, -0.05) is 182 Å². The van der Waals surface area contributed by atoms with Crippen LogP contribution in [0.25, 0.3) is 0 Å². The normalized spacial score (nSPS) is 8.98. The van der Waals surface area contributed by atoms with Gasteiger partial charge in [-0.15, -0.1) is 0 Å². The monoisotopic (exact) mass is 2190 g/mol. The fourth-order valence-electron chi connectivity index (χ4n) is 10.1. The van der Waals surface area contributed by atoms with E-state index < -0.39 is 52.2 Å². The van der Waals surface area contributed by atoms with E-state index in [0.717, 1.165) is 22.3 Å². The molecule has 0 aromatic heterocycles. The van der Waals surface area contributed by atoms with Crippen LogP contribution in [0.1, 0.15) is 22.3 Å². The maximum absolute atomic E-state index is 8.60. The van der Waals surface area contributed by atoms with Crippen molar-refractivity contribution in [2.24, 2.45) is 0 Å². The van der Waals surface area contributed by atoms with Crippen LogP contribution in [0.4, 0.5) is 0 Å². The van der Waals surface area contributed by atoms with Crippen LogP contribution in [0, 0.1) is 69.9 Å². The molecule has 16 aromatic carbocycles. The van der Waals surface area contributed by atoms with E-state index in [0.29, 0.717) is 0 Å². The molecular formula is C98H86Cl2Cu6Fe4O8P4-8. The van der Waals surface area contributed by atoms with Crippen molar-refractivity contribution in [3.63, 3.8) is 0 Å². The summed E-state index contributed by atoms with van der Waals surface area (Å²) in [6, 6.07) is 159. The minimum Gasteiger partial charge on any atom is -0.938 e. The van der Waals surface area contributed by atoms with E-state index >= 15 is 0 Å². The van der Waals surface area contributed by atoms with Gasteiger partial charge in [0, 0.05) is 137 Å². The van der Waals surface area contributed by atoms with Crippen molar-refractivity contribution in [2.45, 2.75) is 0 Å². The SMILES string of the molecule is [C-]#C[c-]1[cH-][cH-][cH-][cH-]1.[C-]#C[c-]1cccc1.[C-]#C[c-]1cccc1.[C-]#C[c-]1cccc1.[Cu+2].[Cu+2].[Cu].[Cu].[Cu].[Cu].[Fe].[Fe].[Fe].[Fe].[O-][Cl+3]([O-])([O-])O.[O-][Cl+3]([O-])([O-])O.c1cc[cH-]c1.c1cc[cH-]c1.c1cc[cH-]c1.c1cc[cH-]c1.c1ccc([PH+](C[PH+](c2ccccc2)c2ccccc2)c2ccccc2)cc1.c1ccc([PH+](C[PH+](c2ccccc2)c2ccccc2)c2ccccc2)cc1. The molecule has 2 N–H and O–H groups in total. The van der Waals surface area contributed by atoms with Crippen LogP contribution in [0.3, 0.4) is 0 Å². The molecule has 16 rings (SSSR count). The second-order valence-electron chi connectivity index (χ2n) is 23.0. The molecule has 24 heteroatoms. The fraction of sp³-hybridized carbons (Fsp3) is 0.0204. The third kappa shape index (κ3) is 61.4. The third-order valence-corrected chi connectivity index (χ3v) is 29.0. The Morgan fingerprint density at radius 2 is 0.393 bits per heavy atom. The quantitative estimate of drug-likeness (QED) is 0.0525. The number of benzene rings is 8. The standard InChI is InChI=1S/2C25H22P2.4C7H4.4C5H5.2ClHO4.6Cu.4Fe/c2*1-5-13-22(14-6-1)26(23-15-7-2-8-16-23)21-27(24-17-9-3-10-18-24)25-19-11-4-12-20-25;4*1-2-7-5-3-4-6-7;4*1-2-4-5-3-1;2*2-1(3,4)5;;;;;;;;;;/h2*1-20H,21H2;4*3-6H;4*1-5H;2*(H,2,3,4,5);;;;;;;;;;/q;;-6;3*-2;4*-1;;;;;;;2*+2;;;;/p+4. The molecule has 0 aliphatic heterocycles. The van der Waals surface area contributed by atoms with Crippen LogP contribution < -0.4 is 70.4 Å². The maximum Gasteiger partial charge on any atom is 2.00 e. The van der Waals surface area contributed by atoms with Gasteiger partial charge in [0.25, 0.3) is 0 Å². The minimum atomic E-state index is -4.69. The second kappa shape index (κ2) is 80.8. The van der Waals surface area contributed by atoms with Crippen molar-refractivity contribution >= 4 is 74.1 Å². The first-order chi connectivity index (χ1) is 54.6. The molecule has 16 aromatic rings. The molecule has 0 fully saturated rings. The zero-order valence-electron chi connectivity index (χ0n) is 64.6. The van der Waals surface area contributed by atoms with E-state index in [1.54, 1.807) is 0 Å². The van der Waals surface area contributed by atoms with Crippen molar-refractivity contribution in [3.05, 3.63) is 509 Å². The first-order valence-corrected chi connectivity index (χ1v) is 44.3. The topological polar surface area (TPSA) is 179 Å². The van der Waals surface area contributed by atoms with Gasteiger partial charge in [0.05, 0.1) is 29.8 Å². The molecule has 0 aliphatic carbocycles. The summed E-state index contributed by atoms with van der Waals surface area (Å²) < 4.78 is 65.4. The predicted octanol–water partition coefficient (Wildman–Crippen LogP) is 12.1. The van der Waals surface area contributed by atoms with Crippen LogP contribution in [-0.2, 0) is 171 Å². The predicted molar refractivity (Wildman–Crippen MR) is 457 cm³/mol. The van der Waals surface area contributed by atoms with Crippen molar-refractivity contribution in [3.8, 4) is 23.7 Å². The number of halogens is 2. The van der Waals surface area contributed by atoms with E-state index in [9.17, 15) is 0 Å². The fourth-order valence-corrected chi connectivity index (χ4v) is 25.5. The average molecular weight is 2190 g/mol. The summed E-state index contributed by atoms with van der Waals surface area (Å²) in [4.78, 5) is 0. The van der Waals surface area contributed by atoms with Gasteiger partial charge >= 0.3 is 34.1 Å². The van der Waals surface area contributed by atoms with Crippen molar-refractivity contribution in [1.29, 1.82) is 0 Å². The molecule has 6 radical (unpaired) electrons. The molecule has 0 unspecified atom stereocenters. The molecule has 0 bridgehead atoms. The Kier molecular flexibility index (Phi) is 83.9. The zero-order valence-corrected chi connectivity index (χ0v) is 80.2. The van der Waals surface area contributed by atoms with Gasteiger partial charge in [-0.05, 0) is 97.1 Å². The summed E-state index contributed by atoms with van der Waals surface area (Å²) in [5.74, 6) is 11.5. The Hall–Kier alpha value is -6.03. The Labute approximate surface area is 837 Å². The van der Waals surface area contributed by atoms with Gasteiger partial charge in [0.15, 0.2) is 11.8 Å². The van der Waals surface area contributed by atoms with Crippen molar-refractivity contribution in [1.82, 2.24) is 0 Å². The largest absolute Gasteiger partial charge is 2.00 e. The van der Waals surface area contributed by atoms with Gasteiger partial charge in [-0.25, -0.2) is 84.9 Å². The molecule has 0 atom stereocenters. The smallest absolute Gasteiger partial charge is 0.938 e. The van der Waals surface area contributed by atoms with Gasteiger partial charge < -0.3 is 95.9 Å². The van der Waals surface area contributed by atoms with Gasteiger partial charge in [-0.2, -0.15) is 101 Å². The molecule has 0 amide bonds. The van der Waals surface area contributed by atoms with Crippen molar-refractivity contribution in [2.75, 3.05) is 11.8 Å². The molecule has 0 heterocycles. The Bertz CT molecular complexity index is 4060. The number of hydrogen-bond donors (Lipinski definition) is 2. The third-order valence-electron chi connectivity index (χ3n) is 15.1. The van der Waals surface area contributed by atoms with Crippen LogP contribution >= 0.6 is 31.7 Å². The molecular weight excluding hydrogens is 2100 g/mol. The first kappa shape index (κ1) is 127. The molecule has 666 valence electrons. The molecule has 0 aliphatic rings. The Morgan fingerprint density at radius 1 is 0.254 bits per heavy atom. The summed E-state index contributed by atoms with van der Waals surface area (Å²) in [5, 5.41) is 12.0. The summed E-state index contributed by atoms with van der Waals surface area (Å²) in [5.41, 5.74) is 3.39. The average Bonchev–Trinajstić information content (AvgIpc) is 1.02. The van der Waals surface area contributed by atoms with E-state index in [-0.39, 0.29) is 171 Å². The van der Waals surface area contributed by atoms with Gasteiger partial charge in [-0.3, -0.25) is 0 Å². The van der Waals surface area contributed by atoms with Crippen LogP contribution in [0.2, 0.25) is 0 Å². The Morgan fingerprint density at radius 3 is 0.484 bits per heavy atom. The molecule has 0 saturated heterocycles. The molecule has 122 heavy (non-hydrogen) atoms. The molecule has 0 saturated carbocycles. The van der Waals surface area contributed by atoms with Crippen LogP contribution in [0.5, 0.6) is 0 Å². The number of hydrogen-bond acceptors (Lipinski definition) is 8. The summed E-state index contributed by atoms with van der Waals surface area (Å²) in [6.07, 6.45) is 26.4. The van der Waals surface area contributed by atoms with E-state index in [1.165, 1.54) is 54.2 Å². The van der Waals surface area contributed by atoms with E-state index in [1.807, 2.05) is 218 Å². The zero-order chi connectivity index (χ0) is 80.2. The van der Waals surface area contributed by atoms with Crippen LogP contribution in [-0.4, -0.2) is 21.1 Å². The molecule has 0 spiro atoms. The van der Waals surface area contributed by atoms with Crippen molar-refractivity contribution < 1.29 is 228 Å². The van der Waals surface area contributed by atoms with Gasteiger partial charge in [0.2, 0.25) is 0 Å². The maximum atomic E-state index is 8.60. The van der Waals surface area contributed by atoms with Crippen LogP contribution in [0.15, 0.2) is 461 Å². The second-order valence-corrected chi connectivity index (χ2v) is 35.9. The van der Waals surface area contributed by atoms with E-state index in [2.05, 4.69) is 266 Å². The Balaban J connectivity index is -0.000000323. The minimum absolute atomic E-state index is 0. The van der Waals surface area contributed by atoms with Gasteiger partial charge in [0.1, 0.15) is 74.1 Å². The summed E-state index contributed by atoms with van der Waals surface area (Å²) >= 11 is 0. The first-order valence-electron chi connectivity index (χ1n) is 34.9. The molecule has 8 nitrogen and oxygen atoms in total. The summed E-state index contributed by atoms with van der Waals surface area (Å²) in [7, 11) is -12.8. The van der Waals surface area contributed by atoms with E-state index in [4.69, 9.17) is 63.0 Å². The summed E-state index contributed by atoms with van der Waals surface area (Å²) in [6.45, 7) is 0. The number of rotatable bonds is 12.